The van der Waals surface area contributed by atoms with Crippen LogP contribution in [0.3, 0.4) is 0 Å². The predicted octanol–water partition coefficient (Wildman–Crippen LogP) is 5.40. The molecule has 1 N–H and O–H groups in total. The first-order valence-electron chi connectivity index (χ1n) is 12.9. The van der Waals surface area contributed by atoms with Crippen molar-refractivity contribution in [3.8, 4) is 5.75 Å². The molecular weight excluding hydrogens is 478 g/mol. The van der Waals surface area contributed by atoms with Crippen LogP contribution in [0, 0.1) is 13.8 Å². The Morgan fingerprint density at radius 3 is 2.42 bits per heavy atom. The second-order valence-corrected chi connectivity index (χ2v) is 9.58. The number of imidazole rings is 1. The molecule has 1 atom stereocenters. The Labute approximate surface area is 222 Å². The molecule has 0 aliphatic carbocycles. The van der Waals surface area contributed by atoms with Crippen LogP contribution < -0.4 is 4.74 Å². The molecule has 0 saturated carbocycles. The number of benzene rings is 2. The number of pyridine rings is 1. The van der Waals surface area contributed by atoms with E-state index in [1.54, 1.807) is 4.90 Å². The molecule has 1 saturated heterocycles. The van der Waals surface area contributed by atoms with Gasteiger partial charge in [0.15, 0.2) is 5.76 Å². The third-order valence-electron chi connectivity index (χ3n) is 7.00. The molecule has 1 aliphatic heterocycles. The van der Waals surface area contributed by atoms with Crippen molar-refractivity contribution in [2.75, 3.05) is 13.2 Å². The van der Waals surface area contributed by atoms with E-state index >= 15 is 0 Å². The minimum Gasteiger partial charge on any atom is -0.505 e. The molecule has 194 valence electrons. The highest BCUT2D eigenvalue weighted by Crippen LogP contribution is 2.40. The van der Waals surface area contributed by atoms with Crippen molar-refractivity contribution < 1.29 is 19.4 Å². The topological polar surface area (TPSA) is 84.1 Å². The molecule has 2 aromatic heterocycles. The van der Waals surface area contributed by atoms with E-state index in [9.17, 15) is 14.7 Å². The predicted molar refractivity (Wildman–Crippen MR) is 146 cm³/mol. The normalized spacial score (nSPS) is 16.9. The number of carbonyl (C=O) groups is 2. The average Bonchev–Trinajstić information content (AvgIpc) is 3.41. The Hall–Kier alpha value is -4.39. The quantitative estimate of drug-likeness (QED) is 0.195. The van der Waals surface area contributed by atoms with Gasteiger partial charge in [0.25, 0.3) is 11.7 Å². The number of rotatable bonds is 8. The van der Waals surface area contributed by atoms with Gasteiger partial charge in [0.05, 0.1) is 23.9 Å². The standard InChI is InChI=1S/C31H31N3O4/c1-4-19-38-24-14-12-23(13-15-24)27-25(28(35)26-21(3)33-17-8-9-20(2)30(33)32-26)29(36)31(37)34(27)18-16-22-10-6-5-7-11-22/h5-15,17,27,35H,4,16,18-19H2,1-3H3. The molecule has 38 heavy (non-hydrogen) atoms. The first kappa shape index (κ1) is 25.3. The van der Waals surface area contributed by atoms with Gasteiger partial charge in [0.1, 0.15) is 17.1 Å². The van der Waals surface area contributed by atoms with Crippen LogP contribution >= 0.6 is 0 Å². The highest BCUT2D eigenvalue weighted by molar-refractivity contribution is 6.46. The number of carbonyl (C=O) groups excluding carboxylic acids is 2. The second kappa shape index (κ2) is 10.5. The number of nitrogens with zero attached hydrogens (tertiary/aromatic N) is 3. The van der Waals surface area contributed by atoms with Gasteiger partial charge in [-0.1, -0.05) is 55.5 Å². The van der Waals surface area contributed by atoms with Gasteiger partial charge in [0, 0.05) is 12.7 Å². The lowest BCUT2D eigenvalue weighted by atomic mass is 9.96. The van der Waals surface area contributed by atoms with Crippen LogP contribution in [0.15, 0.2) is 78.5 Å². The second-order valence-electron chi connectivity index (χ2n) is 9.58. The monoisotopic (exact) mass is 509 g/mol. The largest absolute Gasteiger partial charge is 0.505 e. The third kappa shape index (κ3) is 4.56. The number of hydrogen-bond donors (Lipinski definition) is 1. The summed E-state index contributed by atoms with van der Waals surface area (Å²) in [6.45, 7) is 6.75. The zero-order valence-corrected chi connectivity index (χ0v) is 21.8. The van der Waals surface area contributed by atoms with Gasteiger partial charge < -0.3 is 19.1 Å². The van der Waals surface area contributed by atoms with Gasteiger partial charge in [-0.15, -0.1) is 0 Å². The smallest absolute Gasteiger partial charge is 0.295 e. The maximum atomic E-state index is 13.5. The van der Waals surface area contributed by atoms with Crippen molar-refractivity contribution in [2.24, 2.45) is 0 Å². The number of Topliss-reactive ketones (excluding diaryl/α,β-unsaturated/α-hetero) is 1. The van der Waals surface area contributed by atoms with E-state index in [4.69, 9.17) is 4.74 Å². The maximum Gasteiger partial charge on any atom is 0.295 e. The summed E-state index contributed by atoms with van der Waals surface area (Å²) in [5.74, 6) is -0.887. The van der Waals surface area contributed by atoms with Crippen molar-refractivity contribution in [2.45, 2.75) is 39.7 Å². The number of amides is 1. The lowest BCUT2D eigenvalue weighted by Gasteiger charge is -2.25. The van der Waals surface area contributed by atoms with E-state index in [0.717, 1.165) is 23.1 Å². The molecule has 1 amide bonds. The molecule has 3 heterocycles. The van der Waals surface area contributed by atoms with E-state index in [2.05, 4.69) is 4.98 Å². The van der Waals surface area contributed by atoms with E-state index in [-0.39, 0.29) is 11.3 Å². The molecule has 2 aromatic carbocycles. The third-order valence-corrected chi connectivity index (χ3v) is 7.00. The van der Waals surface area contributed by atoms with E-state index < -0.39 is 17.7 Å². The summed E-state index contributed by atoms with van der Waals surface area (Å²) in [6, 6.07) is 20.3. The number of aromatic nitrogens is 2. The molecule has 0 spiro atoms. The summed E-state index contributed by atoms with van der Waals surface area (Å²) in [5.41, 5.74) is 4.46. The zero-order valence-electron chi connectivity index (χ0n) is 21.8. The Balaban J connectivity index is 1.61. The number of hydrogen-bond acceptors (Lipinski definition) is 5. The van der Waals surface area contributed by atoms with Crippen LogP contribution in [0.5, 0.6) is 5.75 Å². The summed E-state index contributed by atoms with van der Waals surface area (Å²) in [6.07, 6.45) is 3.33. The Morgan fingerprint density at radius 1 is 1.00 bits per heavy atom. The van der Waals surface area contributed by atoms with Crippen molar-refractivity contribution in [1.29, 1.82) is 0 Å². The van der Waals surface area contributed by atoms with E-state index in [1.165, 1.54) is 0 Å². The van der Waals surface area contributed by atoms with Crippen LogP contribution in [0.4, 0.5) is 0 Å². The van der Waals surface area contributed by atoms with Crippen molar-refractivity contribution in [3.05, 3.63) is 107 Å². The molecule has 1 fully saturated rings. The number of aliphatic hydroxyl groups is 1. The molecule has 4 aromatic rings. The molecule has 5 rings (SSSR count). The van der Waals surface area contributed by atoms with Crippen molar-refractivity contribution in [3.63, 3.8) is 0 Å². The summed E-state index contributed by atoms with van der Waals surface area (Å²) in [7, 11) is 0. The van der Waals surface area contributed by atoms with Gasteiger partial charge in [-0.2, -0.15) is 0 Å². The van der Waals surface area contributed by atoms with E-state index in [0.29, 0.717) is 42.4 Å². The number of aryl methyl sites for hydroxylation is 2. The number of ether oxygens (including phenoxy) is 1. The fraction of sp³-hybridized carbons (Fsp3) is 0.258. The van der Waals surface area contributed by atoms with Crippen LogP contribution in [-0.2, 0) is 16.0 Å². The number of likely N-dealkylation sites (tertiary alicyclic amines) is 1. The molecule has 7 nitrogen and oxygen atoms in total. The summed E-state index contributed by atoms with van der Waals surface area (Å²) >= 11 is 0. The molecule has 7 heteroatoms. The zero-order chi connectivity index (χ0) is 26.8. The number of aliphatic hydroxyl groups excluding tert-OH is 1. The van der Waals surface area contributed by atoms with Gasteiger partial charge in [-0.3, -0.25) is 9.59 Å². The average molecular weight is 510 g/mol. The fourth-order valence-corrected chi connectivity index (χ4v) is 4.99. The molecule has 0 bridgehead atoms. The van der Waals surface area contributed by atoms with Crippen LogP contribution in [0.1, 0.15) is 47.5 Å². The first-order valence-corrected chi connectivity index (χ1v) is 12.9. The highest BCUT2D eigenvalue weighted by atomic mass is 16.5. The summed E-state index contributed by atoms with van der Waals surface area (Å²) < 4.78 is 7.61. The van der Waals surface area contributed by atoms with Crippen molar-refractivity contribution in [1.82, 2.24) is 14.3 Å². The van der Waals surface area contributed by atoms with Gasteiger partial charge in [0.2, 0.25) is 0 Å². The number of fused-ring (bicyclic) bond motifs is 1. The number of ketones is 1. The fourth-order valence-electron chi connectivity index (χ4n) is 4.99. The molecule has 1 unspecified atom stereocenters. The van der Waals surface area contributed by atoms with Crippen LogP contribution in [0.25, 0.3) is 11.4 Å². The highest BCUT2D eigenvalue weighted by Gasteiger charge is 2.46. The lowest BCUT2D eigenvalue weighted by Crippen LogP contribution is -2.31. The summed E-state index contributed by atoms with van der Waals surface area (Å²) in [5, 5.41) is 11.6. The molecule has 0 radical (unpaired) electrons. The Bertz CT molecular complexity index is 1520. The minimum absolute atomic E-state index is 0.0504. The van der Waals surface area contributed by atoms with Crippen LogP contribution in [-0.4, -0.2) is 44.2 Å². The lowest BCUT2D eigenvalue weighted by molar-refractivity contribution is -0.139. The maximum absolute atomic E-state index is 13.5. The van der Waals surface area contributed by atoms with Crippen molar-refractivity contribution >= 4 is 23.1 Å². The van der Waals surface area contributed by atoms with Crippen LogP contribution in [0.2, 0.25) is 0 Å². The Morgan fingerprint density at radius 2 is 1.74 bits per heavy atom. The molecule has 1 aliphatic rings. The van der Waals surface area contributed by atoms with Gasteiger partial charge in [-0.25, -0.2) is 4.98 Å². The van der Waals surface area contributed by atoms with E-state index in [1.807, 2.05) is 98.1 Å². The van der Waals surface area contributed by atoms with Gasteiger partial charge in [-0.05, 0) is 61.6 Å². The Kier molecular flexibility index (Phi) is 7.01. The summed E-state index contributed by atoms with van der Waals surface area (Å²) in [4.78, 5) is 33.0. The van der Waals surface area contributed by atoms with Gasteiger partial charge >= 0.3 is 0 Å². The SMILES string of the molecule is CCCOc1ccc(C2C(=C(O)c3nc4c(C)cccn4c3C)C(=O)C(=O)N2CCc2ccccc2)cc1. The first-order chi connectivity index (χ1) is 18.4. The molecular formula is C31H31N3O4. The minimum atomic E-state index is -0.746.